The van der Waals surface area contributed by atoms with Crippen molar-refractivity contribution in [3.05, 3.63) is 29.8 Å². The van der Waals surface area contributed by atoms with Crippen LogP contribution >= 0.6 is 0 Å². The molecule has 4 nitrogen and oxygen atoms in total. The average Bonchev–Trinajstić information content (AvgIpc) is 2.79. The van der Waals surface area contributed by atoms with Crippen molar-refractivity contribution in [2.45, 2.75) is 13.2 Å². The van der Waals surface area contributed by atoms with E-state index >= 15 is 0 Å². The molecule has 0 aliphatic carbocycles. The molecule has 1 aromatic carbocycles. The fraction of sp³-hybridized carbons (Fsp3) is 0.364. The summed E-state index contributed by atoms with van der Waals surface area (Å²) in [5.41, 5.74) is 0.821. The third-order valence-electron chi connectivity index (χ3n) is 2.15. The van der Waals surface area contributed by atoms with Crippen LogP contribution in [-0.2, 0) is 11.3 Å². The fourth-order valence-corrected chi connectivity index (χ4v) is 1.45. The second-order valence-corrected chi connectivity index (χ2v) is 3.41. The smallest absolute Gasteiger partial charge is 0.387 e. The van der Waals surface area contributed by atoms with E-state index in [1.807, 2.05) is 0 Å². The molecule has 0 fully saturated rings. The van der Waals surface area contributed by atoms with Crippen LogP contribution in [0.2, 0.25) is 0 Å². The molecule has 6 heteroatoms. The lowest BCUT2D eigenvalue weighted by molar-refractivity contribution is -0.0498. The lowest BCUT2D eigenvalue weighted by Gasteiger charge is -2.08. The fourth-order valence-electron chi connectivity index (χ4n) is 1.45. The second kappa shape index (κ2) is 5.47. The summed E-state index contributed by atoms with van der Waals surface area (Å²) in [5.74, 6) is 0.147. The van der Waals surface area contributed by atoms with Crippen molar-refractivity contribution in [2.24, 2.45) is 4.99 Å². The molecule has 0 unspecified atom stereocenters. The summed E-state index contributed by atoms with van der Waals surface area (Å²) >= 11 is 0. The Morgan fingerprint density at radius 1 is 1.47 bits per heavy atom. The normalized spacial score (nSPS) is 14.4. The van der Waals surface area contributed by atoms with Crippen LogP contribution in [0.15, 0.2) is 29.3 Å². The monoisotopic (exact) mass is 242 g/mol. The van der Waals surface area contributed by atoms with Gasteiger partial charge in [-0.15, -0.1) is 0 Å². The Labute approximate surface area is 97.3 Å². The van der Waals surface area contributed by atoms with E-state index in [2.05, 4.69) is 15.0 Å². The van der Waals surface area contributed by atoms with Crippen molar-refractivity contribution < 1.29 is 18.3 Å². The minimum Gasteiger partial charge on any atom is -0.463 e. The Hall–Kier alpha value is -1.85. The summed E-state index contributed by atoms with van der Waals surface area (Å²) in [5, 5.41) is 2.96. The number of nitrogens with one attached hydrogen (secondary N) is 1. The van der Waals surface area contributed by atoms with Crippen LogP contribution in [0.5, 0.6) is 5.75 Å². The third-order valence-corrected chi connectivity index (χ3v) is 2.15. The van der Waals surface area contributed by atoms with E-state index in [0.717, 1.165) is 5.56 Å². The zero-order chi connectivity index (χ0) is 12.1. The molecule has 17 heavy (non-hydrogen) atoms. The van der Waals surface area contributed by atoms with Gasteiger partial charge in [0.2, 0.25) is 0 Å². The Balaban J connectivity index is 1.91. The number of halogens is 2. The molecule has 1 N–H and O–H groups in total. The summed E-state index contributed by atoms with van der Waals surface area (Å²) in [6.45, 7) is -1.12. The van der Waals surface area contributed by atoms with E-state index in [1.165, 1.54) is 6.07 Å². The Morgan fingerprint density at radius 2 is 2.35 bits per heavy atom. The van der Waals surface area contributed by atoms with Gasteiger partial charge in [-0.05, 0) is 17.7 Å². The summed E-state index contributed by atoms with van der Waals surface area (Å²) < 4.78 is 33.5. The minimum atomic E-state index is -2.80. The molecule has 0 atom stereocenters. The van der Waals surface area contributed by atoms with Crippen molar-refractivity contribution in [1.29, 1.82) is 0 Å². The van der Waals surface area contributed by atoms with Crippen molar-refractivity contribution in [3.8, 4) is 5.75 Å². The van der Waals surface area contributed by atoms with Gasteiger partial charge in [0.1, 0.15) is 12.4 Å². The molecule has 0 bridgehead atoms. The molecular formula is C11H12F2N2O2. The van der Waals surface area contributed by atoms with Crippen LogP contribution in [0.3, 0.4) is 0 Å². The van der Waals surface area contributed by atoms with Crippen molar-refractivity contribution >= 4 is 6.02 Å². The predicted octanol–water partition coefficient (Wildman–Crippen LogP) is 1.76. The van der Waals surface area contributed by atoms with E-state index < -0.39 is 6.61 Å². The molecule has 2 rings (SSSR count). The van der Waals surface area contributed by atoms with Gasteiger partial charge in [0.05, 0.1) is 6.54 Å². The van der Waals surface area contributed by atoms with Crippen LogP contribution in [0, 0.1) is 0 Å². The quantitative estimate of drug-likeness (QED) is 0.874. The number of aliphatic imine (C=N–C) groups is 1. The van der Waals surface area contributed by atoms with Crippen LogP contribution in [0.4, 0.5) is 8.78 Å². The van der Waals surface area contributed by atoms with Gasteiger partial charge >= 0.3 is 6.61 Å². The standard InChI is InChI=1S/C11H12F2N2O2/c12-10(13)17-9-3-1-2-8(6-9)7-15-11-14-4-5-16-11/h1-3,6,10H,4-5,7H2,(H,14,15). The summed E-state index contributed by atoms with van der Waals surface area (Å²) in [6.07, 6.45) is 0. The molecule has 0 saturated heterocycles. The van der Waals surface area contributed by atoms with Crippen LogP contribution < -0.4 is 10.1 Å². The first-order valence-electron chi connectivity index (χ1n) is 5.19. The molecule has 1 aliphatic rings. The van der Waals surface area contributed by atoms with Crippen LogP contribution in [0.25, 0.3) is 0 Å². The number of alkyl halides is 2. The molecule has 1 aliphatic heterocycles. The first kappa shape index (κ1) is 11.6. The highest BCUT2D eigenvalue weighted by Gasteiger charge is 2.07. The molecule has 0 amide bonds. The van der Waals surface area contributed by atoms with Crippen molar-refractivity contribution in [2.75, 3.05) is 13.2 Å². The van der Waals surface area contributed by atoms with Crippen LogP contribution in [0.1, 0.15) is 5.56 Å². The summed E-state index contributed by atoms with van der Waals surface area (Å²) in [7, 11) is 0. The number of benzene rings is 1. The topological polar surface area (TPSA) is 42.8 Å². The number of ether oxygens (including phenoxy) is 2. The van der Waals surface area contributed by atoms with Gasteiger partial charge in [-0.2, -0.15) is 8.78 Å². The van der Waals surface area contributed by atoms with Gasteiger partial charge in [-0.3, -0.25) is 0 Å². The third kappa shape index (κ3) is 3.58. The van der Waals surface area contributed by atoms with Gasteiger partial charge < -0.3 is 14.8 Å². The molecule has 0 radical (unpaired) electrons. The van der Waals surface area contributed by atoms with Gasteiger partial charge in [-0.25, -0.2) is 4.99 Å². The molecule has 0 aromatic heterocycles. The van der Waals surface area contributed by atoms with Gasteiger partial charge in [0, 0.05) is 6.54 Å². The van der Waals surface area contributed by atoms with E-state index in [9.17, 15) is 8.78 Å². The number of nitrogens with zero attached hydrogens (tertiary/aromatic N) is 1. The SMILES string of the molecule is FC(F)Oc1cccc(CNC2=NCCO2)c1. The largest absolute Gasteiger partial charge is 0.463 e. The average molecular weight is 242 g/mol. The highest BCUT2D eigenvalue weighted by Crippen LogP contribution is 2.15. The maximum absolute atomic E-state index is 12.0. The van der Waals surface area contributed by atoms with Gasteiger partial charge in [-0.1, -0.05) is 12.1 Å². The molecule has 0 saturated carbocycles. The van der Waals surface area contributed by atoms with Crippen LogP contribution in [-0.4, -0.2) is 25.8 Å². The maximum Gasteiger partial charge on any atom is 0.387 e. The molecular weight excluding hydrogens is 230 g/mol. The number of amidine groups is 1. The number of hydrogen-bond acceptors (Lipinski definition) is 4. The first-order chi connectivity index (χ1) is 8.24. The molecule has 1 heterocycles. The Morgan fingerprint density at radius 3 is 3.06 bits per heavy atom. The molecule has 92 valence electrons. The van der Waals surface area contributed by atoms with Crippen molar-refractivity contribution in [1.82, 2.24) is 5.32 Å². The van der Waals surface area contributed by atoms with E-state index in [0.29, 0.717) is 25.7 Å². The number of hydrogen-bond donors (Lipinski definition) is 1. The predicted molar refractivity (Wildman–Crippen MR) is 58.2 cm³/mol. The highest BCUT2D eigenvalue weighted by molar-refractivity contribution is 5.74. The van der Waals surface area contributed by atoms with Gasteiger partial charge in [0.15, 0.2) is 0 Å². The molecule has 0 spiro atoms. The maximum atomic E-state index is 12.0. The Kier molecular flexibility index (Phi) is 3.74. The number of rotatable bonds is 4. The lowest BCUT2D eigenvalue weighted by atomic mass is 10.2. The van der Waals surface area contributed by atoms with Gasteiger partial charge in [0.25, 0.3) is 6.02 Å². The first-order valence-corrected chi connectivity index (χ1v) is 5.19. The zero-order valence-electron chi connectivity index (χ0n) is 9.03. The van der Waals surface area contributed by atoms with E-state index in [1.54, 1.807) is 18.2 Å². The Bertz CT molecular complexity index is 410. The zero-order valence-corrected chi connectivity index (χ0v) is 9.03. The minimum absolute atomic E-state index is 0.147. The van der Waals surface area contributed by atoms with E-state index in [4.69, 9.17) is 4.74 Å². The summed E-state index contributed by atoms with van der Waals surface area (Å²) in [6, 6.07) is 6.99. The summed E-state index contributed by atoms with van der Waals surface area (Å²) in [4.78, 5) is 4.05. The second-order valence-electron chi connectivity index (χ2n) is 3.41. The lowest BCUT2D eigenvalue weighted by Crippen LogP contribution is -2.22. The van der Waals surface area contributed by atoms with Crippen molar-refractivity contribution in [3.63, 3.8) is 0 Å². The molecule has 1 aromatic rings. The van der Waals surface area contributed by atoms with E-state index in [-0.39, 0.29) is 5.75 Å². The highest BCUT2D eigenvalue weighted by atomic mass is 19.3.